The standard InChI is InChI=1S/C22H36O4/c1-4-15-22(3,16-5-2)20(24)14-12-17-11-13-19(23)18(17)9-7-6-8-10-21(25)26/h6,8,12,14,17-18,20,24H,4-5,7,9-11,13,15-16H2,1-3H3,(H,25,26)/t17-,18-,20?/m0/s1. The molecule has 1 saturated carbocycles. The number of hydrogen-bond donors (Lipinski definition) is 2. The van der Waals surface area contributed by atoms with Crippen molar-refractivity contribution in [3.8, 4) is 0 Å². The van der Waals surface area contributed by atoms with Crippen LogP contribution in [0.25, 0.3) is 0 Å². The van der Waals surface area contributed by atoms with E-state index < -0.39 is 12.1 Å². The highest BCUT2D eigenvalue weighted by Gasteiger charge is 2.34. The van der Waals surface area contributed by atoms with Gasteiger partial charge in [0.15, 0.2) is 0 Å². The lowest BCUT2D eigenvalue weighted by Crippen LogP contribution is -2.31. The minimum Gasteiger partial charge on any atom is -0.481 e. The maximum absolute atomic E-state index is 12.2. The molecule has 0 spiro atoms. The summed E-state index contributed by atoms with van der Waals surface area (Å²) in [5, 5.41) is 19.3. The van der Waals surface area contributed by atoms with Gasteiger partial charge in [-0.2, -0.15) is 0 Å². The number of rotatable bonds is 12. The average Bonchev–Trinajstić information content (AvgIpc) is 2.92. The predicted molar refractivity (Wildman–Crippen MR) is 105 cm³/mol. The summed E-state index contributed by atoms with van der Waals surface area (Å²) >= 11 is 0. The van der Waals surface area contributed by atoms with Crippen LogP contribution in [0.4, 0.5) is 0 Å². The van der Waals surface area contributed by atoms with Crippen molar-refractivity contribution in [2.45, 2.75) is 84.7 Å². The third-order valence-corrected chi connectivity index (χ3v) is 5.65. The molecule has 0 radical (unpaired) electrons. The molecule has 1 fully saturated rings. The van der Waals surface area contributed by atoms with Gasteiger partial charge in [-0.25, -0.2) is 0 Å². The lowest BCUT2D eigenvalue weighted by molar-refractivity contribution is -0.136. The van der Waals surface area contributed by atoms with Crippen LogP contribution in [-0.4, -0.2) is 28.1 Å². The fourth-order valence-electron chi connectivity index (χ4n) is 4.16. The van der Waals surface area contributed by atoms with Gasteiger partial charge >= 0.3 is 5.97 Å². The molecule has 1 aliphatic carbocycles. The normalized spacial score (nSPS) is 22.5. The van der Waals surface area contributed by atoms with E-state index in [9.17, 15) is 14.7 Å². The first-order valence-electron chi connectivity index (χ1n) is 10.1. The Hall–Kier alpha value is -1.42. The summed E-state index contributed by atoms with van der Waals surface area (Å²) in [5.74, 6) is -0.352. The van der Waals surface area contributed by atoms with Gasteiger partial charge in [-0.3, -0.25) is 9.59 Å². The first kappa shape index (κ1) is 22.6. The van der Waals surface area contributed by atoms with Gasteiger partial charge < -0.3 is 10.2 Å². The fourth-order valence-corrected chi connectivity index (χ4v) is 4.16. The Balaban J connectivity index is 2.64. The number of carboxylic acids is 1. The summed E-state index contributed by atoms with van der Waals surface area (Å²) in [5.41, 5.74) is -0.0995. The van der Waals surface area contributed by atoms with Gasteiger partial charge in [-0.05, 0) is 43.4 Å². The lowest BCUT2D eigenvalue weighted by atomic mass is 9.76. The van der Waals surface area contributed by atoms with Gasteiger partial charge in [0.05, 0.1) is 12.5 Å². The second-order valence-electron chi connectivity index (χ2n) is 7.91. The molecule has 0 aromatic rings. The number of aliphatic hydroxyl groups is 1. The molecular weight excluding hydrogens is 328 g/mol. The van der Waals surface area contributed by atoms with Crippen LogP contribution in [0, 0.1) is 17.3 Å². The number of carbonyl (C=O) groups is 2. The van der Waals surface area contributed by atoms with Crippen LogP contribution in [0.15, 0.2) is 24.3 Å². The van der Waals surface area contributed by atoms with Gasteiger partial charge in [0, 0.05) is 12.3 Å². The zero-order valence-electron chi connectivity index (χ0n) is 16.6. The van der Waals surface area contributed by atoms with Crippen molar-refractivity contribution in [1.29, 1.82) is 0 Å². The zero-order valence-corrected chi connectivity index (χ0v) is 16.6. The minimum absolute atomic E-state index is 0.00321. The lowest BCUT2D eigenvalue weighted by Gasteiger charge is -2.33. The number of carboxylic acid groups (broad SMARTS) is 1. The van der Waals surface area contributed by atoms with Crippen molar-refractivity contribution in [2.24, 2.45) is 17.3 Å². The van der Waals surface area contributed by atoms with Crippen molar-refractivity contribution in [3.63, 3.8) is 0 Å². The molecule has 148 valence electrons. The summed E-state index contributed by atoms with van der Waals surface area (Å²) in [6.07, 6.45) is 14.1. The van der Waals surface area contributed by atoms with Crippen molar-refractivity contribution in [3.05, 3.63) is 24.3 Å². The van der Waals surface area contributed by atoms with Gasteiger partial charge in [0.2, 0.25) is 0 Å². The Morgan fingerprint density at radius 2 is 1.92 bits per heavy atom. The van der Waals surface area contributed by atoms with E-state index in [0.717, 1.165) is 44.9 Å². The number of Topliss-reactive ketones (excluding diaryl/α,β-unsaturated/α-hetero) is 1. The number of carbonyl (C=O) groups excluding carboxylic acids is 1. The highest BCUT2D eigenvalue weighted by molar-refractivity contribution is 5.83. The summed E-state index contributed by atoms with van der Waals surface area (Å²) in [6.45, 7) is 6.45. The topological polar surface area (TPSA) is 74.6 Å². The maximum atomic E-state index is 12.2. The van der Waals surface area contributed by atoms with Crippen molar-refractivity contribution < 1.29 is 19.8 Å². The largest absolute Gasteiger partial charge is 0.481 e. The molecule has 4 heteroatoms. The van der Waals surface area contributed by atoms with Crippen molar-refractivity contribution in [2.75, 3.05) is 0 Å². The van der Waals surface area contributed by atoms with Crippen LogP contribution < -0.4 is 0 Å². The molecule has 2 N–H and O–H groups in total. The minimum atomic E-state index is -0.838. The quantitative estimate of drug-likeness (QED) is 0.482. The molecule has 1 rings (SSSR count). The molecule has 0 aliphatic heterocycles. The molecule has 4 nitrogen and oxygen atoms in total. The summed E-state index contributed by atoms with van der Waals surface area (Å²) in [6, 6.07) is 0. The van der Waals surface area contributed by atoms with Crippen LogP contribution in [0.1, 0.15) is 78.6 Å². The van der Waals surface area contributed by atoms with Crippen molar-refractivity contribution >= 4 is 11.8 Å². The van der Waals surface area contributed by atoms with E-state index in [2.05, 4.69) is 26.8 Å². The van der Waals surface area contributed by atoms with Crippen LogP contribution >= 0.6 is 0 Å². The molecule has 3 atom stereocenters. The molecule has 0 aromatic heterocycles. The summed E-state index contributed by atoms with van der Waals surface area (Å²) in [4.78, 5) is 22.7. The highest BCUT2D eigenvalue weighted by atomic mass is 16.4. The fraction of sp³-hybridized carbons (Fsp3) is 0.727. The highest BCUT2D eigenvalue weighted by Crippen LogP contribution is 2.36. The number of allylic oxidation sites excluding steroid dienone is 2. The Labute approximate surface area is 158 Å². The van der Waals surface area contributed by atoms with Gasteiger partial charge in [-0.15, -0.1) is 0 Å². The number of aliphatic hydroxyl groups excluding tert-OH is 1. The van der Waals surface area contributed by atoms with Crippen LogP contribution in [0.2, 0.25) is 0 Å². The molecular formula is C22H36O4. The third-order valence-electron chi connectivity index (χ3n) is 5.65. The van der Waals surface area contributed by atoms with E-state index in [1.54, 1.807) is 6.08 Å². The van der Waals surface area contributed by atoms with E-state index in [1.807, 2.05) is 12.2 Å². The Kier molecular flexibility index (Phi) is 9.85. The second kappa shape index (κ2) is 11.3. The van der Waals surface area contributed by atoms with E-state index in [4.69, 9.17) is 5.11 Å². The van der Waals surface area contributed by atoms with E-state index in [0.29, 0.717) is 12.2 Å². The van der Waals surface area contributed by atoms with E-state index in [1.165, 1.54) is 0 Å². The molecule has 0 bridgehead atoms. The predicted octanol–water partition coefficient (Wildman–Crippen LogP) is 4.92. The smallest absolute Gasteiger partial charge is 0.307 e. The van der Waals surface area contributed by atoms with Gasteiger partial charge in [0.25, 0.3) is 0 Å². The summed E-state index contributed by atoms with van der Waals surface area (Å²) in [7, 11) is 0. The molecule has 0 heterocycles. The van der Waals surface area contributed by atoms with Crippen LogP contribution in [-0.2, 0) is 9.59 Å². The molecule has 1 aliphatic rings. The number of ketones is 1. The van der Waals surface area contributed by atoms with Crippen molar-refractivity contribution in [1.82, 2.24) is 0 Å². The Morgan fingerprint density at radius 3 is 2.50 bits per heavy atom. The van der Waals surface area contributed by atoms with Gasteiger partial charge in [-0.1, -0.05) is 57.9 Å². The van der Waals surface area contributed by atoms with Crippen LogP contribution in [0.5, 0.6) is 0 Å². The first-order chi connectivity index (χ1) is 12.3. The molecule has 0 amide bonds. The summed E-state index contributed by atoms with van der Waals surface area (Å²) < 4.78 is 0. The third kappa shape index (κ3) is 7.06. The second-order valence-corrected chi connectivity index (χ2v) is 7.91. The first-order valence-corrected chi connectivity index (χ1v) is 10.1. The number of hydrogen-bond acceptors (Lipinski definition) is 3. The molecule has 26 heavy (non-hydrogen) atoms. The van der Waals surface area contributed by atoms with E-state index in [-0.39, 0.29) is 23.7 Å². The number of aliphatic carboxylic acids is 1. The Morgan fingerprint density at radius 1 is 1.27 bits per heavy atom. The van der Waals surface area contributed by atoms with E-state index >= 15 is 0 Å². The molecule has 0 aromatic carbocycles. The average molecular weight is 365 g/mol. The monoisotopic (exact) mass is 364 g/mol. The van der Waals surface area contributed by atoms with Crippen LogP contribution in [0.3, 0.4) is 0 Å². The SMILES string of the molecule is CCCC(C)(CCC)C(O)C=C[C@@H]1CCC(=O)[C@H]1CCC=CCC(=O)O. The Bertz CT molecular complexity index is 500. The molecule has 0 saturated heterocycles. The molecule has 1 unspecified atom stereocenters. The zero-order chi connectivity index (χ0) is 19.6. The van der Waals surface area contributed by atoms with Gasteiger partial charge in [0.1, 0.15) is 5.78 Å². The maximum Gasteiger partial charge on any atom is 0.307 e.